The van der Waals surface area contributed by atoms with Gasteiger partial charge in [-0.25, -0.2) is 0 Å². The van der Waals surface area contributed by atoms with Crippen LogP contribution in [0.2, 0.25) is 5.02 Å². The van der Waals surface area contributed by atoms with E-state index in [2.05, 4.69) is 27.4 Å². The number of aromatic nitrogens is 2. The van der Waals surface area contributed by atoms with Crippen molar-refractivity contribution in [1.29, 1.82) is 0 Å². The smallest absolute Gasteiger partial charge is 0.233 e. The number of anilines is 1. The fourth-order valence-electron chi connectivity index (χ4n) is 1.66. The number of carbonyl (C=O) groups is 1. The van der Waals surface area contributed by atoms with Crippen LogP contribution in [0.5, 0.6) is 0 Å². The highest BCUT2D eigenvalue weighted by Crippen LogP contribution is 2.28. The molecule has 2 rings (SSSR count). The highest BCUT2D eigenvalue weighted by Gasteiger charge is 2.17. The van der Waals surface area contributed by atoms with Crippen LogP contribution in [-0.4, -0.2) is 27.9 Å². The van der Waals surface area contributed by atoms with Gasteiger partial charge in [0.15, 0.2) is 4.34 Å². The molecule has 1 aromatic heterocycles. The van der Waals surface area contributed by atoms with Gasteiger partial charge in [0.2, 0.25) is 11.0 Å². The molecule has 0 spiro atoms. The third kappa shape index (κ3) is 5.53. The molecule has 2 N–H and O–H groups in total. The summed E-state index contributed by atoms with van der Waals surface area (Å²) in [5, 5.41) is 15.1. The molecule has 0 fully saturated rings. The van der Waals surface area contributed by atoms with E-state index in [1.807, 2.05) is 25.1 Å². The van der Waals surface area contributed by atoms with Crippen molar-refractivity contribution in [2.75, 3.05) is 11.9 Å². The molecule has 23 heavy (non-hydrogen) atoms. The van der Waals surface area contributed by atoms with Crippen LogP contribution in [0.3, 0.4) is 0 Å². The molecular formula is C15H17ClN4OS2. The first kappa shape index (κ1) is 17.8. The summed E-state index contributed by atoms with van der Waals surface area (Å²) in [5.74, 6) is -0.0641. The number of nitrogens with one attached hydrogen (secondary N) is 2. The van der Waals surface area contributed by atoms with E-state index in [1.54, 1.807) is 12.1 Å². The highest BCUT2D eigenvalue weighted by molar-refractivity contribution is 8.02. The van der Waals surface area contributed by atoms with Crippen LogP contribution in [0.25, 0.3) is 0 Å². The summed E-state index contributed by atoms with van der Waals surface area (Å²) in [7, 11) is 0. The summed E-state index contributed by atoms with van der Waals surface area (Å²) in [5.41, 5.74) is 0.895. The van der Waals surface area contributed by atoms with E-state index in [1.165, 1.54) is 23.1 Å². The zero-order chi connectivity index (χ0) is 16.7. The number of hydrogen-bond donors (Lipinski definition) is 2. The molecule has 0 radical (unpaired) electrons. The maximum Gasteiger partial charge on any atom is 0.233 e. The first-order valence-corrected chi connectivity index (χ1v) is 9.03. The van der Waals surface area contributed by atoms with Crippen LogP contribution in [0.15, 0.2) is 41.3 Å². The minimum absolute atomic E-state index is 0.0641. The van der Waals surface area contributed by atoms with E-state index in [0.29, 0.717) is 18.1 Å². The van der Waals surface area contributed by atoms with Crippen molar-refractivity contribution in [3.63, 3.8) is 0 Å². The molecule has 1 amide bonds. The Kier molecular flexibility index (Phi) is 6.88. The number of thioether (sulfide) groups is 1. The molecule has 1 heterocycles. The molecule has 1 aromatic carbocycles. The first-order valence-electron chi connectivity index (χ1n) is 6.96. The molecule has 0 bridgehead atoms. The lowest BCUT2D eigenvalue weighted by molar-refractivity contribution is -0.120. The van der Waals surface area contributed by atoms with Gasteiger partial charge < -0.3 is 10.6 Å². The topological polar surface area (TPSA) is 66.9 Å². The summed E-state index contributed by atoms with van der Waals surface area (Å²) in [6.07, 6.45) is 1.75. The zero-order valence-corrected chi connectivity index (χ0v) is 15.0. The van der Waals surface area contributed by atoms with Crippen LogP contribution in [0.4, 0.5) is 5.13 Å². The van der Waals surface area contributed by atoms with Crippen LogP contribution in [0.1, 0.15) is 12.5 Å². The van der Waals surface area contributed by atoms with Crippen molar-refractivity contribution in [1.82, 2.24) is 15.5 Å². The molecule has 0 saturated heterocycles. The summed E-state index contributed by atoms with van der Waals surface area (Å²) in [6, 6.07) is 7.45. The average Bonchev–Trinajstić information content (AvgIpc) is 2.99. The van der Waals surface area contributed by atoms with Crippen LogP contribution < -0.4 is 10.6 Å². The summed E-state index contributed by atoms with van der Waals surface area (Å²) in [4.78, 5) is 12.2. The van der Waals surface area contributed by atoms with E-state index in [4.69, 9.17) is 11.6 Å². The summed E-state index contributed by atoms with van der Waals surface area (Å²) in [6.45, 7) is 6.51. The van der Waals surface area contributed by atoms with Gasteiger partial charge in [0.05, 0.1) is 5.25 Å². The summed E-state index contributed by atoms with van der Waals surface area (Å²) >= 11 is 8.87. The van der Waals surface area contributed by atoms with Gasteiger partial charge in [0.25, 0.3) is 0 Å². The zero-order valence-electron chi connectivity index (χ0n) is 12.6. The Balaban J connectivity index is 1.84. The largest absolute Gasteiger partial charge is 0.357 e. The molecule has 2 aromatic rings. The molecule has 0 aliphatic heterocycles. The predicted octanol–water partition coefficient (Wildman–Crippen LogP) is 3.59. The SMILES string of the molecule is C=CCNc1nnc(S[C@H](C)C(=O)NCc2ccccc2Cl)s1. The Morgan fingerprint density at radius 1 is 1.48 bits per heavy atom. The third-order valence-corrected chi connectivity index (χ3v) is 5.30. The Hall–Kier alpha value is -1.57. The van der Waals surface area contributed by atoms with Crippen molar-refractivity contribution in [3.8, 4) is 0 Å². The van der Waals surface area contributed by atoms with Crippen molar-refractivity contribution in [2.45, 2.75) is 23.1 Å². The molecular weight excluding hydrogens is 352 g/mol. The van der Waals surface area contributed by atoms with Gasteiger partial charge in [0.1, 0.15) is 0 Å². The van der Waals surface area contributed by atoms with Crippen molar-refractivity contribution in [2.24, 2.45) is 0 Å². The van der Waals surface area contributed by atoms with Gasteiger partial charge in [-0.15, -0.1) is 16.8 Å². The van der Waals surface area contributed by atoms with Gasteiger partial charge in [-0.3, -0.25) is 4.79 Å². The number of amides is 1. The fraction of sp³-hybridized carbons (Fsp3) is 0.267. The second kappa shape index (κ2) is 8.90. The molecule has 0 aliphatic rings. The highest BCUT2D eigenvalue weighted by atomic mass is 35.5. The lowest BCUT2D eigenvalue weighted by Gasteiger charge is -2.11. The van der Waals surface area contributed by atoms with Crippen LogP contribution in [0, 0.1) is 0 Å². The lowest BCUT2D eigenvalue weighted by Crippen LogP contribution is -2.30. The molecule has 1 atom stereocenters. The fourth-order valence-corrected chi connectivity index (χ4v) is 3.79. The van der Waals surface area contributed by atoms with Gasteiger partial charge >= 0.3 is 0 Å². The Bertz CT molecular complexity index is 677. The average molecular weight is 369 g/mol. The number of benzene rings is 1. The van der Waals surface area contributed by atoms with E-state index in [9.17, 15) is 4.79 Å². The van der Waals surface area contributed by atoms with Gasteiger partial charge in [0, 0.05) is 18.1 Å². The minimum atomic E-state index is -0.266. The maximum atomic E-state index is 12.2. The van der Waals surface area contributed by atoms with E-state index >= 15 is 0 Å². The van der Waals surface area contributed by atoms with Crippen molar-refractivity contribution >= 4 is 45.7 Å². The van der Waals surface area contributed by atoms with E-state index in [-0.39, 0.29) is 11.2 Å². The Morgan fingerprint density at radius 3 is 3.00 bits per heavy atom. The number of halogens is 1. The molecule has 0 saturated carbocycles. The van der Waals surface area contributed by atoms with Gasteiger partial charge in [-0.05, 0) is 18.6 Å². The first-order chi connectivity index (χ1) is 11.1. The normalized spacial score (nSPS) is 11.7. The molecule has 122 valence electrons. The standard InChI is InChI=1S/C15H17ClN4OS2/c1-3-8-17-14-19-20-15(23-14)22-10(2)13(21)18-9-11-6-4-5-7-12(11)16/h3-7,10H,1,8-9H2,2H3,(H,17,19)(H,18,21)/t10-/m1/s1. The molecule has 0 aliphatic carbocycles. The van der Waals surface area contributed by atoms with Gasteiger partial charge in [-0.2, -0.15) is 0 Å². The predicted molar refractivity (Wildman–Crippen MR) is 97.2 cm³/mol. The molecule has 5 nitrogen and oxygen atoms in total. The van der Waals surface area contributed by atoms with Crippen LogP contribution in [-0.2, 0) is 11.3 Å². The van der Waals surface area contributed by atoms with Gasteiger partial charge in [-0.1, -0.05) is 59.0 Å². The second-order valence-electron chi connectivity index (χ2n) is 4.61. The lowest BCUT2D eigenvalue weighted by atomic mass is 10.2. The van der Waals surface area contributed by atoms with Crippen LogP contribution >= 0.6 is 34.7 Å². The third-order valence-electron chi connectivity index (χ3n) is 2.86. The minimum Gasteiger partial charge on any atom is -0.357 e. The monoisotopic (exact) mass is 368 g/mol. The Morgan fingerprint density at radius 2 is 2.26 bits per heavy atom. The van der Waals surface area contributed by atoms with E-state index < -0.39 is 0 Å². The van der Waals surface area contributed by atoms with Crippen molar-refractivity contribution < 1.29 is 4.79 Å². The van der Waals surface area contributed by atoms with E-state index in [0.717, 1.165) is 15.0 Å². The molecule has 0 unspecified atom stereocenters. The van der Waals surface area contributed by atoms with Crippen molar-refractivity contribution in [3.05, 3.63) is 47.5 Å². The number of carbonyl (C=O) groups excluding carboxylic acids is 1. The second-order valence-corrected chi connectivity index (χ2v) is 7.58. The number of rotatable bonds is 8. The Labute approximate surface area is 148 Å². The number of hydrogen-bond acceptors (Lipinski definition) is 6. The molecule has 8 heteroatoms. The quantitative estimate of drug-likeness (QED) is 0.550. The number of nitrogens with zero attached hydrogens (tertiary/aromatic N) is 2. The maximum absolute atomic E-state index is 12.2. The summed E-state index contributed by atoms with van der Waals surface area (Å²) < 4.78 is 0.747.